The largest absolute Gasteiger partial charge is 0.494 e. The second kappa shape index (κ2) is 7.45. The molecular formula is C17H18FNO3. The predicted molar refractivity (Wildman–Crippen MR) is 83.1 cm³/mol. The van der Waals surface area contributed by atoms with Crippen molar-refractivity contribution in [3.05, 3.63) is 53.8 Å². The Bertz CT molecular complexity index is 658. The number of halogens is 1. The second-order valence-corrected chi connectivity index (χ2v) is 4.68. The van der Waals surface area contributed by atoms with Crippen molar-refractivity contribution < 1.29 is 18.7 Å². The zero-order valence-electron chi connectivity index (χ0n) is 12.6. The number of hydrogen-bond donors (Lipinski definition) is 1. The minimum absolute atomic E-state index is 0.0813. The fourth-order valence-corrected chi connectivity index (χ4v) is 1.89. The molecule has 0 aromatic heterocycles. The van der Waals surface area contributed by atoms with Gasteiger partial charge in [0.15, 0.2) is 11.6 Å². The van der Waals surface area contributed by atoms with E-state index in [9.17, 15) is 9.18 Å². The zero-order valence-corrected chi connectivity index (χ0v) is 12.6. The highest BCUT2D eigenvalue weighted by molar-refractivity contribution is 6.04. The maximum Gasteiger partial charge on any atom is 0.255 e. The molecule has 1 amide bonds. The average Bonchev–Trinajstić information content (AvgIpc) is 2.55. The number of nitrogens with one attached hydrogen (secondary N) is 1. The van der Waals surface area contributed by atoms with Gasteiger partial charge in [0.1, 0.15) is 5.75 Å². The van der Waals surface area contributed by atoms with E-state index in [0.29, 0.717) is 23.6 Å². The van der Waals surface area contributed by atoms with Crippen molar-refractivity contribution in [2.75, 3.05) is 19.0 Å². The number of benzene rings is 2. The summed E-state index contributed by atoms with van der Waals surface area (Å²) < 4.78 is 23.7. The molecule has 2 rings (SSSR count). The maximum absolute atomic E-state index is 13.3. The second-order valence-electron chi connectivity index (χ2n) is 4.68. The third-order valence-electron chi connectivity index (χ3n) is 2.98. The molecule has 0 heterocycles. The molecule has 116 valence electrons. The molecule has 0 fully saturated rings. The van der Waals surface area contributed by atoms with Crippen molar-refractivity contribution in [3.8, 4) is 11.5 Å². The van der Waals surface area contributed by atoms with Crippen LogP contribution in [0.4, 0.5) is 10.1 Å². The molecule has 0 unspecified atom stereocenters. The summed E-state index contributed by atoms with van der Waals surface area (Å²) in [6.45, 7) is 2.61. The van der Waals surface area contributed by atoms with E-state index in [2.05, 4.69) is 5.32 Å². The molecule has 0 aliphatic rings. The summed E-state index contributed by atoms with van der Waals surface area (Å²) in [5.74, 6) is -0.0462. The van der Waals surface area contributed by atoms with Gasteiger partial charge in [0, 0.05) is 17.3 Å². The first-order valence-corrected chi connectivity index (χ1v) is 7.01. The Labute approximate surface area is 128 Å². The SMILES string of the molecule is CCCOc1cccc(C(=O)Nc2ccc(F)c(OC)c2)c1. The summed E-state index contributed by atoms with van der Waals surface area (Å²) in [6, 6.07) is 11.1. The molecular weight excluding hydrogens is 285 g/mol. The van der Waals surface area contributed by atoms with Crippen molar-refractivity contribution in [1.29, 1.82) is 0 Å². The van der Waals surface area contributed by atoms with E-state index in [1.165, 1.54) is 25.3 Å². The monoisotopic (exact) mass is 303 g/mol. The lowest BCUT2D eigenvalue weighted by Crippen LogP contribution is -2.12. The van der Waals surface area contributed by atoms with Crippen LogP contribution >= 0.6 is 0 Å². The number of methoxy groups -OCH3 is 1. The normalized spacial score (nSPS) is 10.1. The van der Waals surface area contributed by atoms with E-state index in [4.69, 9.17) is 9.47 Å². The van der Waals surface area contributed by atoms with Crippen molar-refractivity contribution in [2.45, 2.75) is 13.3 Å². The van der Waals surface area contributed by atoms with Gasteiger partial charge in [0.25, 0.3) is 5.91 Å². The molecule has 0 spiro atoms. The van der Waals surface area contributed by atoms with E-state index < -0.39 is 5.82 Å². The highest BCUT2D eigenvalue weighted by Crippen LogP contribution is 2.22. The lowest BCUT2D eigenvalue weighted by molar-refractivity contribution is 0.102. The molecule has 22 heavy (non-hydrogen) atoms. The lowest BCUT2D eigenvalue weighted by atomic mass is 10.2. The van der Waals surface area contributed by atoms with Crippen molar-refractivity contribution in [3.63, 3.8) is 0 Å². The Balaban J connectivity index is 2.11. The van der Waals surface area contributed by atoms with E-state index in [1.807, 2.05) is 6.92 Å². The van der Waals surface area contributed by atoms with Crippen LogP contribution in [-0.2, 0) is 0 Å². The van der Waals surface area contributed by atoms with Gasteiger partial charge in [-0.25, -0.2) is 4.39 Å². The minimum Gasteiger partial charge on any atom is -0.494 e. The van der Waals surface area contributed by atoms with Crippen LogP contribution in [0.1, 0.15) is 23.7 Å². The Kier molecular flexibility index (Phi) is 5.36. The molecule has 0 bridgehead atoms. The van der Waals surface area contributed by atoms with Crippen LogP contribution < -0.4 is 14.8 Å². The number of anilines is 1. The molecule has 0 atom stereocenters. The van der Waals surface area contributed by atoms with Gasteiger partial charge in [-0.05, 0) is 36.8 Å². The van der Waals surface area contributed by atoms with E-state index in [-0.39, 0.29) is 11.7 Å². The first-order valence-electron chi connectivity index (χ1n) is 7.01. The van der Waals surface area contributed by atoms with Gasteiger partial charge >= 0.3 is 0 Å². The fourth-order valence-electron chi connectivity index (χ4n) is 1.89. The molecule has 2 aromatic rings. The van der Waals surface area contributed by atoms with Crippen LogP contribution in [0.15, 0.2) is 42.5 Å². The number of ether oxygens (including phenoxy) is 2. The summed E-state index contributed by atoms with van der Waals surface area (Å²) >= 11 is 0. The topological polar surface area (TPSA) is 47.6 Å². The highest BCUT2D eigenvalue weighted by Gasteiger charge is 2.09. The Morgan fingerprint density at radius 3 is 2.77 bits per heavy atom. The number of amides is 1. The zero-order chi connectivity index (χ0) is 15.9. The molecule has 4 nitrogen and oxygen atoms in total. The Morgan fingerprint density at radius 2 is 2.05 bits per heavy atom. The van der Waals surface area contributed by atoms with Crippen LogP contribution in [0.3, 0.4) is 0 Å². The van der Waals surface area contributed by atoms with E-state index >= 15 is 0 Å². The molecule has 0 radical (unpaired) electrons. The van der Waals surface area contributed by atoms with Gasteiger partial charge in [0.05, 0.1) is 13.7 Å². The quantitative estimate of drug-likeness (QED) is 0.881. The third-order valence-corrected chi connectivity index (χ3v) is 2.98. The molecule has 0 saturated carbocycles. The van der Waals surface area contributed by atoms with Crippen LogP contribution in [0.25, 0.3) is 0 Å². The molecule has 2 aromatic carbocycles. The highest BCUT2D eigenvalue weighted by atomic mass is 19.1. The first-order chi connectivity index (χ1) is 10.6. The predicted octanol–water partition coefficient (Wildman–Crippen LogP) is 3.88. The summed E-state index contributed by atoms with van der Waals surface area (Å²) in [4.78, 5) is 12.2. The van der Waals surface area contributed by atoms with Crippen LogP contribution in [0, 0.1) is 5.82 Å². The molecule has 1 N–H and O–H groups in total. The van der Waals surface area contributed by atoms with Crippen LogP contribution in [0.5, 0.6) is 11.5 Å². The van der Waals surface area contributed by atoms with Gasteiger partial charge in [-0.2, -0.15) is 0 Å². The van der Waals surface area contributed by atoms with Gasteiger partial charge in [-0.1, -0.05) is 13.0 Å². The van der Waals surface area contributed by atoms with Gasteiger partial charge in [0.2, 0.25) is 0 Å². The van der Waals surface area contributed by atoms with Gasteiger partial charge < -0.3 is 14.8 Å². The minimum atomic E-state index is -0.476. The number of hydrogen-bond acceptors (Lipinski definition) is 3. The summed E-state index contributed by atoms with van der Waals surface area (Å²) in [5.41, 5.74) is 0.931. The number of carbonyl (C=O) groups is 1. The first kappa shape index (κ1) is 15.8. The fraction of sp³-hybridized carbons (Fsp3) is 0.235. The lowest BCUT2D eigenvalue weighted by Gasteiger charge is -2.09. The third kappa shape index (κ3) is 3.97. The standard InChI is InChI=1S/C17H18FNO3/c1-3-9-22-14-6-4-5-12(10-14)17(20)19-13-7-8-15(18)16(11-13)21-2/h4-8,10-11H,3,9H2,1-2H3,(H,19,20). The van der Waals surface area contributed by atoms with Gasteiger partial charge in [-0.15, -0.1) is 0 Å². The van der Waals surface area contributed by atoms with Crippen molar-refractivity contribution in [2.24, 2.45) is 0 Å². The Morgan fingerprint density at radius 1 is 1.23 bits per heavy atom. The number of carbonyl (C=O) groups excluding carboxylic acids is 1. The summed E-state index contributed by atoms with van der Waals surface area (Å²) in [7, 11) is 1.37. The smallest absolute Gasteiger partial charge is 0.255 e. The number of rotatable bonds is 6. The molecule has 0 aliphatic carbocycles. The Hall–Kier alpha value is -2.56. The van der Waals surface area contributed by atoms with Crippen molar-refractivity contribution in [1.82, 2.24) is 0 Å². The van der Waals surface area contributed by atoms with Gasteiger partial charge in [-0.3, -0.25) is 4.79 Å². The van der Waals surface area contributed by atoms with E-state index in [0.717, 1.165) is 6.42 Å². The molecule has 0 aliphatic heterocycles. The molecule has 5 heteroatoms. The maximum atomic E-state index is 13.3. The van der Waals surface area contributed by atoms with Crippen molar-refractivity contribution >= 4 is 11.6 Å². The van der Waals surface area contributed by atoms with E-state index in [1.54, 1.807) is 24.3 Å². The van der Waals surface area contributed by atoms with Crippen LogP contribution in [0.2, 0.25) is 0 Å². The molecule has 0 saturated heterocycles. The summed E-state index contributed by atoms with van der Waals surface area (Å²) in [6.07, 6.45) is 0.895. The summed E-state index contributed by atoms with van der Waals surface area (Å²) in [5, 5.41) is 2.70. The average molecular weight is 303 g/mol. The van der Waals surface area contributed by atoms with Crippen LogP contribution in [-0.4, -0.2) is 19.6 Å².